The van der Waals surface area contributed by atoms with Crippen LogP contribution < -0.4 is 5.32 Å². The number of anilines is 1. The highest BCUT2D eigenvalue weighted by Crippen LogP contribution is 2.25. The molecule has 7 nitrogen and oxygen atoms in total. The van der Waals surface area contributed by atoms with Gasteiger partial charge in [0.25, 0.3) is 0 Å². The van der Waals surface area contributed by atoms with E-state index in [1.807, 2.05) is 46.8 Å². The first kappa shape index (κ1) is 16.2. The van der Waals surface area contributed by atoms with Crippen molar-refractivity contribution in [1.29, 1.82) is 0 Å². The molecule has 0 aliphatic heterocycles. The van der Waals surface area contributed by atoms with Crippen LogP contribution in [-0.2, 0) is 4.79 Å². The van der Waals surface area contributed by atoms with E-state index < -0.39 is 0 Å². The van der Waals surface area contributed by atoms with Crippen LogP contribution in [0.5, 0.6) is 0 Å². The number of imidazole rings is 1. The average molecular weight is 327 g/mol. The maximum absolute atomic E-state index is 12.3. The van der Waals surface area contributed by atoms with Crippen LogP contribution in [0.4, 0.5) is 5.95 Å². The zero-order valence-corrected chi connectivity index (χ0v) is 14.5. The van der Waals surface area contributed by atoms with Gasteiger partial charge >= 0.3 is 0 Å². The minimum Gasteiger partial charge on any atom is -0.338 e. The molecule has 0 saturated carbocycles. The molecule has 0 aliphatic rings. The fourth-order valence-electron chi connectivity index (χ4n) is 2.45. The van der Waals surface area contributed by atoms with Crippen molar-refractivity contribution >= 4 is 23.0 Å². The van der Waals surface area contributed by atoms with Gasteiger partial charge in [-0.2, -0.15) is 0 Å². The van der Waals surface area contributed by atoms with Crippen LogP contribution >= 0.6 is 0 Å². The number of nitrogens with zero attached hydrogens (tertiary/aromatic N) is 4. The number of fused-ring (bicyclic) bond motifs is 1. The summed E-state index contributed by atoms with van der Waals surface area (Å²) in [6.45, 7) is 9.78. The molecule has 3 aromatic heterocycles. The second kappa shape index (κ2) is 5.74. The van der Waals surface area contributed by atoms with Gasteiger partial charge in [-0.05, 0) is 31.4 Å². The second-order valence-electron chi connectivity index (χ2n) is 7.16. The highest BCUT2D eigenvalue weighted by atomic mass is 16.5. The predicted molar refractivity (Wildman–Crippen MR) is 91.1 cm³/mol. The van der Waals surface area contributed by atoms with Crippen LogP contribution in [0.3, 0.4) is 0 Å². The number of rotatable bonds is 3. The Labute approximate surface area is 140 Å². The summed E-state index contributed by atoms with van der Waals surface area (Å²) in [5, 5.41) is 6.79. The normalized spacial score (nSPS) is 11.9. The smallest absolute Gasteiger partial charge is 0.240 e. The van der Waals surface area contributed by atoms with Crippen molar-refractivity contribution < 1.29 is 9.32 Å². The van der Waals surface area contributed by atoms with Gasteiger partial charge in [0.2, 0.25) is 17.7 Å². The van der Waals surface area contributed by atoms with Gasteiger partial charge in [0.15, 0.2) is 5.65 Å². The lowest BCUT2D eigenvalue weighted by Gasteiger charge is -2.17. The van der Waals surface area contributed by atoms with E-state index in [1.165, 1.54) is 0 Å². The van der Waals surface area contributed by atoms with Crippen molar-refractivity contribution in [3.63, 3.8) is 0 Å². The van der Waals surface area contributed by atoms with E-state index in [0.29, 0.717) is 29.4 Å². The molecule has 0 unspecified atom stereocenters. The molecular weight excluding hydrogens is 306 g/mol. The molecule has 0 fully saturated rings. The van der Waals surface area contributed by atoms with Crippen molar-refractivity contribution in [1.82, 2.24) is 19.7 Å². The van der Waals surface area contributed by atoms with Crippen LogP contribution in [0.15, 0.2) is 22.7 Å². The van der Waals surface area contributed by atoms with E-state index in [9.17, 15) is 4.79 Å². The summed E-state index contributed by atoms with van der Waals surface area (Å²) in [6, 6.07) is 5.54. The topological polar surface area (TPSA) is 85.8 Å². The van der Waals surface area contributed by atoms with Crippen LogP contribution in [0, 0.1) is 19.3 Å². The second-order valence-corrected chi connectivity index (χ2v) is 7.16. The van der Waals surface area contributed by atoms with E-state index in [-0.39, 0.29) is 11.3 Å². The fraction of sp³-hybridized carbons (Fsp3) is 0.412. The van der Waals surface area contributed by atoms with Crippen LogP contribution in [0.25, 0.3) is 17.0 Å². The lowest BCUT2D eigenvalue weighted by atomic mass is 9.92. The number of carbonyl (C=O) groups excluding carboxylic acids is 1. The van der Waals surface area contributed by atoms with Gasteiger partial charge in [0.1, 0.15) is 5.52 Å². The highest BCUT2D eigenvalue weighted by molar-refractivity contribution is 5.92. The monoisotopic (exact) mass is 327 g/mol. The number of aryl methyl sites for hydroxylation is 2. The molecule has 0 radical (unpaired) electrons. The Morgan fingerprint density at radius 3 is 2.58 bits per heavy atom. The molecule has 1 N–H and O–H groups in total. The molecule has 0 saturated heterocycles. The predicted octanol–water partition coefficient (Wildman–Crippen LogP) is 3.40. The van der Waals surface area contributed by atoms with Crippen molar-refractivity contribution in [3.8, 4) is 5.88 Å². The maximum Gasteiger partial charge on any atom is 0.240 e. The lowest BCUT2D eigenvalue weighted by molar-refractivity contribution is -0.117. The minimum absolute atomic E-state index is 0.105. The Kier molecular flexibility index (Phi) is 3.87. The first-order valence-corrected chi connectivity index (χ1v) is 7.82. The van der Waals surface area contributed by atoms with E-state index >= 15 is 0 Å². The quantitative estimate of drug-likeness (QED) is 0.797. The lowest BCUT2D eigenvalue weighted by Crippen LogP contribution is -2.21. The number of amides is 1. The Bertz CT molecular complexity index is 901. The molecule has 0 bridgehead atoms. The molecule has 0 aromatic carbocycles. The van der Waals surface area contributed by atoms with Crippen LogP contribution in [0.2, 0.25) is 0 Å². The summed E-state index contributed by atoms with van der Waals surface area (Å²) >= 11 is 0. The number of hydrogen-bond acceptors (Lipinski definition) is 5. The first-order valence-electron chi connectivity index (χ1n) is 7.82. The first-order chi connectivity index (χ1) is 11.2. The summed E-state index contributed by atoms with van der Waals surface area (Å²) < 4.78 is 7.04. The van der Waals surface area contributed by atoms with Crippen molar-refractivity contribution in [2.45, 2.75) is 41.0 Å². The van der Waals surface area contributed by atoms with Gasteiger partial charge in [-0.15, -0.1) is 0 Å². The number of aromatic nitrogens is 4. The van der Waals surface area contributed by atoms with E-state index in [4.69, 9.17) is 4.52 Å². The van der Waals surface area contributed by atoms with Crippen LogP contribution in [0.1, 0.15) is 38.6 Å². The van der Waals surface area contributed by atoms with E-state index in [0.717, 1.165) is 11.4 Å². The van der Waals surface area contributed by atoms with Gasteiger partial charge < -0.3 is 4.52 Å². The van der Waals surface area contributed by atoms with Crippen molar-refractivity contribution in [2.75, 3.05) is 5.32 Å². The van der Waals surface area contributed by atoms with Crippen molar-refractivity contribution in [3.05, 3.63) is 29.6 Å². The zero-order chi connectivity index (χ0) is 17.5. The van der Waals surface area contributed by atoms with Crippen molar-refractivity contribution in [2.24, 2.45) is 5.41 Å². The molecule has 0 spiro atoms. The molecular formula is C17H21N5O2. The van der Waals surface area contributed by atoms with Gasteiger partial charge in [-0.3, -0.25) is 10.1 Å². The standard InChI is InChI=1S/C17H21N5O2/c1-10-6-7-12-15(18-10)22(14-8-11(2)21-24-14)16(19-12)20-13(23)9-17(3,4)5/h6-8H,9H2,1-5H3,(H,19,20,23). The summed E-state index contributed by atoms with van der Waals surface area (Å²) in [4.78, 5) is 21.3. The molecule has 0 atom stereocenters. The molecule has 3 heterocycles. The maximum atomic E-state index is 12.3. The Morgan fingerprint density at radius 2 is 1.96 bits per heavy atom. The van der Waals surface area contributed by atoms with Gasteiger partial charge in [-0.1, -0.05) is 25.9 Å². The van der Waals surface area contributed by atoms with Crippen LogP contribution in [-0.4, -0.2) is 25.6 Å². The SMILES string of the molecule is Cc1cc(-n2c(NC(=O)CC(C)(C)C)nc3ccc(C)nc32)on1. The number of pyridine rings is 1. The summed E-state index contributed by atoms with van der Waals surface area (Å²) in [6.07, 6.45) is 0.387. The van der Waals surface area contributed by atoms with E-state index in [2.05, 4.69) is 20.4 Å². The average Bonchev–Trinajstić information content (AvgIpc) is 2.99. The summed E-state index contributed by atoms with van der Waals surface area (Å²) in [5.74, 6) is 0.750. The minimum atomic E-state index is -0.113. The largest absolute Gasteiger partial charge is 0.338 e. The number of nitrogens with one attached hydrogen (secondary N) is 1. The molecule has 24 heavy (non-hydrogen) atoms. The Morgan fingerprint density at radius 1 is 1.21 bits per heavy atom. The molecule has 1 amide bonds. The number of hydrogen-bond donors (Lipinski definition) is 1. The molecule has 0 aliphatic carbocycles. The van der Waals surface area contributed by atoms with Gasteiger partial charge in [0.05, 0.1) is 5.69 Å². The Balaban J connectivity index is 2.08. The van der Waals surface area contributed by atoms with E-state index in [1.54, 1.807) is 10.6 Å². The zero-order valence-electron chi connectivity index (χ0n) is 14.5. The highest BCUT2D eigenvalue weighted by Gasteiger charge is 2.21. The third-order valence-electron chi connectivity index (χ3n) is 3.42. The number of carbonyl (C=O) groups is 1. The summed E-state index contributed by atoms with van der Waals surface area (Å²) in [7, 11) is 0. The van der Waals surface area contributed by atoms with Gasteiger partial charge in [-0.25, -0.2) is 14.5 Å². The third kappa shape index (κ3) is 3.29. The fourth-order valence-corrected chi connectivity index (χ4v) is 2.45. The molecule has 126 valence electrons. The van der Waals surface area contributed by atoms with Gasteiger partial charge in [0, 0.05) is 18.2 Å². The molecule has 3 aromatic rings. The Hall–Kier alpha value is -2.70. The molecule has 3 rings (SSSR count). The molecule has 7 heteroatoms. The summed E-state index contributed by atoms with van der Waals surface area (Å²) in [5.41, 5.74) is 2.79. The third-order valence-corrected chi connectivity index (χ3v) is 3.42.